The molecule has 1 N–H and O–H groups in total. The lowest BCUT2D eigenvalue weighted by Gasteiger charge is -2.24. The maximum absolute atomic E-state index is 5.42. The minimum Gasteiger partial charge on any atom is -0.381 e. The fourth-order valence-electron chi connectivity index (χ4n) is 2.97. The molecule has 1 aliphatic carbocycles. The summed E-state index contributed by atoms with van der Waals surface area (Å²) in [7, 11) is 0. The fraction of sp³-hybridized carbons (Fsp3) is 0.714. The van der Waals surface area contributed by atoms with Crippen LogP contribution in [0.15, 0.2) is 11.4 Å². The maximum atomic E-state index is 5.42. The molecule has 2 unspecified atom stereocenters. The van der Waals surface area contributed by atoms with Gasteiger partial charge in [0, 0.05) is 24.1 Å². The lowest BCUT2D eigenvalue weighted by atomic mass is 9.93. The second-order valence-electron chi connectivity index (χ2n) is 5.22. The Morgan fingerprint density at radius 2 is 2.41 bits per heavy atom. The highest BCUT2D eigenvalue weighted by Gasteiger charge is 2.21. The van der Waals surface area contributed by atoms with Crippen molar-refractivity contribution in [3.05, 3.63) is 21.9 Å². The van der Waals surface area contributed by atoms with Crippen LogP contribution in [-0.4, -0.2) is 19.8 Å². The van der Waals surface area contributed by atoms with Gasteiger partial charge in [0.15, 0.2) is 0 Å². The van der Waals surface area contributed by atoms with Gasteiger partial charge >= 0.3 is 0 Å². The molecular weight excluding hydrogens is 230 g/mol. The van der Waals surface area contributed by atoms with E-state index in [-0.39, 0.29) is 0 Å². The summed E-state index contributed by atoms with van der Waals surface area (Å²) in [6.45, 7) is 3.10. The molecule has 1 fully saturated rings. The molecule has 0 saturated carbocycles. The summed E-state index contributed by atoms with van der Waals surface area (Å²) in [5.41, 5.74) is 1.57. The van der Waals surface area contributed by atoms with E-state index in [9.17, 15) is 0 Å². The van der Waals surface area contributed by atoms with E-state index in [1.807, 2.05) is 11.3 Å². The monoisotopic (exact) mass is 251 g/mol. The van der Waals surface area contributed by atoms with Crippen LogP contribution >= 0.6 is 11.3 Å². The zero-order valence-corrected chi connectivity index (χ0v) is 11.1. The number of aryl methyl sites for hydroxylation is 1. The third-order valence-corrected chi connectivity index (χ3v) is 5.02. The fourth-order valence-corrected chi connectivity index (χ4v) is 3.96. The predicted molar refractivity (Wildman–Crippen MR) is 71.5 cm³/mol. The van der Waals surface area contributed by atoms with Crippen LogP contribution in [0.2, 0.25) is 0 Å². The standard InChI is InChI=1S/C14H21NOS/c1-2-13(12-6-9-17-14(12)3-1)15-7-4-11-5-8-16-10-11/h6,9,11,13,15H,1-5,7-8,10H2. The molecule has 1 saturated heterocycles. The van der Waals surface area contributed by atoms with Gasteiger partial charge in [0.2, 0.25) is 0 Å². The molecule has 2 aliphatic rings. The van der Waals surface area contributed by atoms with Crippen LogP contribution in [0.5, 0.6) is 0 Å². The Labute approximate surface area is 107 Å². The van der Waals surface area contributed by atoms with E-state index in [2.05, 4.69) is 16.8 Å². The molecule has 0 aromatic carbocycles. The second kappa shape index (κ2) is 5.51. The van der Waals surface area contributed by atoms with Gasteiger partial charge in [-0.1, -0.05) is 0 Å². The Kier molecular flexibility index (Phi) is 3.79. The Balaban J connectivity index is 1.49. The number of nitrogens with one attached hydrogen (secondary N) is 1. The third kappa shape index (κ3) is 2.72. The molecule has 1 aromatic heterocycles. The zero-order chi connectivity index (χ0) is 11.5. The van der Waals surface area contributed by atoms with Crippen molar-refractivity contribution in [3.8, 4) is 0 Å². The number of hydrogen-bond donors (Lipinski definition) is 1. The van der Waals surface area contributed by atoms with E-state index >= 15 is 0 Å². The Hall–Kier alpha value is -0.380. The summed E-state index contributed by atoms with van der Waals surface area (Å²) in [6, 6.07) is 2.93. The van der Waals surface area contributed by atoms with E-state index in [1.54, 1.807) is 10.4 Å². The molecule has 0 radical (unpaired) electrons. The SMILES string of the molecule is c1cc2c(s1)CCCC2NCCC1CCOC1. The molecule has 2 nitrogen and oxygen atoms in total. The highest BCUT2D eigenvalue weighted by atomic mass is 32.1. The topological polar surface area (TPSA) is 21.3 Å². The normalized spacial score (nSPS) is 28.2. The van der Waals surface area contributed by atoms with Gasteiger partial charge < -0.3 is 10.1 Å². The lowest BCUT2D eigenvalue weighted by Crippen LogP contribution is -2.26. The summed E-state index contributed by atoms with van der Waals surface area (Å²) < 4.78 is 5.42. The molecule has 0 bridgehead atoms. The van der Waals surface area contributed by atoms with Gasteiger partial charge in [-0.25, -0.2) is 0 Å². The number of hydrogen-bond acceptors (Lipinski definition) is 3. The van der Waals surface area contributed by atoms with Gasteiger partial charge in [0.25, 0.3) is 0 Å². The molecule has 2 atom stereocenters. The van der Waals surface area contributed by atoms with Gasteiger partial charge in [-0.2, -0.15) is 0 Å². The molecule has 3 heteroatoms. The van der Waals surface area contributed by atoms with Gasteiger partial charge in [0.1, 0.15) is 0 Å². The van der Waals surface area contributed by atoms with Crippen molar-refractivity contribution < 1.29 is 4.74 Å². The number of ether oxygens (including phenoxy) is 1. The highest BCUT2D eigenvalue weighted by molar-refractivity contribution is 7.10. The molecule has 0 amide bonds. The first-order valence-electron chi connectivity index (χ1n) is 6.81. The molecule has 94 valence electrons. The van der Waals surface area contributed by atoms with Crippen molar-refractivity contribution in [2.24, 2.45) is 5.92 Å². The Morgan fingerprint density at radius 1 is 1.41 bits per heavy atom. The lowest BCUT2D eigenvalue weighted by molar-refractivity contribution is 0.184. The molecule has 3 rings (SSSR count). The van der Waals surface area contributed by atoms with Gasteiger partial charge in [-0.3, -0.25) is 0 Å². The molecule has 17 heavy (non-hydrogen) atoms. The molecular formula is C14H21NOS. The van der Waals surface area contributed by atoms with Gasteiger partial charge in [-0.05, 0) is 61.6 Å². The van der Waals surface area contributed by atoms with Crippen molar-refractivity contribution in [1.82, 2.24) is 5.32 Å². The largest absolute Gasteiger partial charge is 0.381 e. The minimum atomic E-state index is 0.618. The average molecular weight is 251 g/mol. The van der Waals surface area contributed by atoms with Crippen LogP contribution in [0, 0.1) is 5.92 Å². The van der Waals surface area contributed by atoms with Crippen LogP contribution in [0.25, 0.3) is 0 Å². The smallest absolute Gasteiger partial charge is 0.0495 e. The average Bonchev–Trinajstić information content (AvgIpc) is 2.99. The Morgan fingerprint density at radius 3 is 3.29 bits per heavy atom. The predicted octanol–water partition coefficient (Wildman–Crippen LogP) is 3.14. The van der Waals surface area contributed by atoms with Crippen LogP contribution < -0.4 is 5.32 Å². The third-order valence-electron chi connectivity index (χ3n) is 4.02. The van der Waals surface area contributed by atoms with E-state index < -0.39 is 0 Å². The molecule has 1 aromatic rings. The van der Waals surface area contributed by atoms with Crippen LogP contribution in [-0.2, 0) is 11.2 Å². The Bertz CT molecular complexity index is 357. The van der Waals surface area contributed by atoms with Crippen LogP contribution in [0.4, 0.5) is 0 Å². The molecule has 1 aliphatic heterocycles. The van der Waals surface area contributed by atoms with Crippen molar-refractivity contribution >= 4 is 11.3 Å². The van der Waals surface area contributed by atoms with E-state index in [4.69, 9.17) is 4.74 Å². The van der Waals surface area contributed by atoms with Crippen molar-refractivity contribution in [1.29, 1.82) is 0 Å². The maximum Gasteiger partial charge on any atom is 0.0495 e. The highest BCUT2D eigenvalue weighted by Crippen LogP contribution is 2.33. The number of fused-ring (bicyclic) bond motifs is 1. The summed E-state index contributed by atoms with van der Waals surface area (Å²) in [4.78, 5) is 1.61. The quantitative estimate of drug-likeness (QED) is 0.887. The summed E-state index contributed by atoms with van der Waals surface area (Å²) >= 11 is 1.93. The molecule has 2 heterocycles. The van der Waals surface area contributed by atoms with Crippen molar-refractivity contribution in [2.75, 3.05) is 19.8 Å². The van der Waals surface area contributed by atoms with Gasteiger partial charge in [-0.15, -0.1) is 11.3 Å². The van der Waals surface area contributed by atoms with E-state index in [0.29, 0.717) is 6.04 Å². The first-order valence-corrected chi connectivity index (χ1v) is 7.69. The second-order valence-corrected chi connectivity index (χ2v) is 6.22. The number of thiophene rings is 1. The van der Waals surface area contributed by atoms with Crippen molar-refractivity contribution in [2.45, 2.75) is 38.1 Å². The summed E-state index contributed by atoms with van der Waals surface area (Å²) in [5.74, 6) is 0.799. The van der Waals surface area contributed by atoms with Gasteiger partial charge in [0.05, 0.1) is 0 Å². The van der Waals surface area contributed by atoms with E-state index in [0.717, 1.165) is 25.7 Å². The van der Waals surface area contributed by atoms with Crippen LogP contribution in [0.1, 0.15) is 42.2 Å². The van der Waals surface area contributed by atoms with Crippen molar-refractivity contribution in [3.63, 3.8) is 0 Å². The van der Waals surface area contributed by atoms with E-state index in [1.165, 1.54) is 32.1 Å². The first kappa shape index (κ1) is 11.7. The zero-order valence-electron chi connectivity index (χ0n) is 10.3. The molecule has 0 spiro atoms. The first-order chi connectivity index (χ1) is 8.43. The summed E-state index contributed by atoms with van der Waals surface area (Å²) in [5, 5.41) is 5.99. The van der Waals surface area contributed by atoms with Crippen LogP contribution in [0.3, 0.4) is 0 Å². The minimum absolute atomic E-state index is 0.618. The summed E-state index contributed by atoms with van der Waals surface area (Å²) in [6.07, 6.45) is 6.48. The number of rotatable bonds is 4.